The molecule has 0 bridgehead atoms. The lowest BCUT2D eigenvalue weighted by Crippen LogP contribution is -2.12. The van der Waals surface area contributed by atoms with Crippen molar-refractivity contribution >= 4 is 28.1 Å². The van der Waals surface area contributed by atoms with Crippen molar-refractivity contribution in [2.75, 3.05) is 5.32 Å². The molecule has 0 aliphatic heterocycles. The van der Waals surface area contributed by atoms with Crippen molar-refractivity contribution < 1.29 is 9.72 Å². The molecule has 1 N–H and O–H groups in total. The molecular weight excluding hydrogens is 376 g/mol. The van der Waals surface area contributed by atoms with Crippen molar-refractivity contribution in [3.63, 3.8) is 0 Å². The molecule has 0 aliphatic rings. The third kappa shape index (κ3) is 3.72. The molecule has 2 aromatic heterocycles. The van der Waals surface area contributed by atoms with Crippen LogP contribution in [0.15, 0.2) is 42.3 Å². The Labute approximate surface area is 166 Å². The number of carbonyl (C=O) groups excluding carboxylic acids is 1. The van der Waals surface area contributed by atoms with Crippen LogP contribution in [0, 0.1) is 30.9 Å². The van der Waals surface area contributed by atoms with E-state index >= 15 is 0 Å². The van der Waals surface area contributed by atoms with Crippen LogP contribution in [0.25, 0.3) is 11.3 Å². The van der Waals surface area contributed by atoms with Gasteiger partial charge in [-0.2, -0.15) is 0 Å². The molecule has 1 aromatic carbocycles. The highest BCUT2D eigenvalue weighted by Gasteiger charge is 2.17. The average molecular weight is 396 g/mol. The Morgan fingerprint density at radius 3 is 2.75 bits per heavy atom. The van der Waals surface area contributed by atoms with Crippen LogP contribution >= 0.6 is 11.3 Å². The molecule has 144 valence electrons. The highest BCUT2D eigenvalue weighted by Crippen LogP contribution is 2.30. The zero-order valence-corrected chi connectivity index (χ0v) is 16.7. The lowest BCUT2D eigenvalue weighted by Gasteiger charge is -2.05. The number of anilines is 1. The number of carbonyl (C=O) groups is 1. The third-order valence-corrected chi connectivity index (χ3v) is 5.30. The van der Waals surface area contributed by atoms with Crippen molar-refractivity contribution in [1.29, 1.82) is 0 Å². The molecule has 0 fully saturated rings. The number of allylic oxidation sites excluding steroid dienone is 1. The Hall–Kier alpha value is -3.26. The van der Waals surface area contributed by atoms with Crippen molar-refractivity contribution in [3.05, 3.63) is 74.9 Å². The SMILES string of the molecule is C=CCn1c(C)cc(-c2csc(NC(=O)c3ccc([N+](=O)[O-])c(C)c3)n2)c1C. The van der Waals surface area contributed by atoms with Gasteiger partial charge in [0.15, 0.2) is 5.13 Å². The fraction of sp³-hybridized carbons (Fsp3) is 0.200. The number of rotatable bonds is 6. The molecule has 0 saturated carbocycles. The minimum atomic E-state index is -0.465. The maximum absolute atomic E-state index is 12.5. The number of amides is 1. The lowest BCUT2D eigenvalue weighted by molar-refractivity contribution is -0.385. The monoisotopic (exact) mass is 396 g/mol. The number of nitro benzene ring substituents is 1. The summed E-state index contributed by atoms with van der Waals surface area (Å²) in [5, 5.41) is 16.1. The fourth-order valence-electron chi connectivity index (χ4n) is 3.10. The summed E-state index contributed by atoms with van der Waals surface area (Å²) < 4.78 is 2.15. The number of nitro groups is 1. The van der Waals surface area contributed by atoms with E-state index in [-0.39, 0.29) is 11.6 Å². The van der Waals surface area contributed by atoms with E-state index in [1.807, 2.05) is 25.3 Å². The van der Waals surface area contributed by atoms with Gasteiger partial charge in [-0.25, -0.2) is 4.98 Å². The molecule has 0 unspecified atom stereocenters. The Kier molecular flexibility index (Phi) is 5.41. The Morgan fingerprint density at radius 2 is 2.11 bits per heavy atom. The molecule has 8 heteroatoms. The fourth-order valence-corrected chi connectivity index (χ4v) is 3.80. The largest absolute Gasteiger partial charge is 0.345 e. The maximum Gasteiger partial charge on any atom is 0.272 e. The van der Waals surface area contributed by atoms with E-state index in [2.05, 4.69) is 27.5 Å². The smallest absolute Gasteiger partial charge is 0.272 e. The number of nitrogens with zero attached hydrogens (tertiary/aromatic N) is 3. The number of hydrogen-bond acceptors (Lipinski definition) is 5. The van der Waals surface area contributed by atoms with Gasteiger partial charge in [0.2, 0.25) is 0 Å². The predicted molar refractivity (Wildman–Crippen MR) is 111 cm³/mol. The number of aromatic nitrogens is 2. The van der Waals surface area contributed by atoms with Gasteiger partial charge >= 0.3 is 0 Å². The Morgan fingerprint density at radius 1 is 1.36 bits per heavy atom. The molecule has 0 radical (unpaired) electrons. The van der Waals surface area contributed by atoms with Crippen LogP contribution in [0.2, 0.25) is 0 Å². The summed E-state index contributed by atoms with van der Waals surface area (Å²) >= 11 is 1.34. The van der Waals surface area contributed by atoms with Gasteiger partial charge in [0.1, 0.15) is 0 Å². The molecule has 0 saturated heterocycles. The van der Waals surface area contributed by atoms with Crippen molar-refractivity contribution in [3.8, 4) is 11.3 Å². The van der Waals surface area contributed by atoms with Crippen LogP contribution in [0.5, 0.6) is 0 Å². The molecule has 0 atom stereocenters. The van der Waals surface area contributed by atoms with E-state index in [0.717, 1.165) is 29.2 Å². The van der Waals surface area contributed by atoms with Gasteiger partial charge in [-0.1, -0.05) is 6.08 Å². The van der Waals surface area contributed by atoms with Gasteiger partial charge in [-0.05, 0) is 39.0 Å². The minimum Gasteiger partial charge on any atom is -0.345 e. The van der Waals surface area contributed by atoms with Gasteiger partial charge < -0.3 is 4.57 Å². The second-order valence-corrected chi connectivity index (χ2v) is 7.29. The second-order valence-electron chi connectivity index (χ2n) is 6.43. The van der Waals surface area contributed by atoms with Crippen LogP contribution in [0.1, 0.15) is 27.3 Å². The first-order valence-electron chi connectivity index (χ1n) is 8.61. The quantitative estimate of drug-likeness (QED) is 0.365. The summed E-state index contributed by atoms with van der Waals surface area (Å²) in [4.78, 5) is 27.5. The van der Waals surface area contributed by atoms with Crippen LogP contribution in [0.4, 0.5) is 10.8 Å². The second kappa shape index (κ2) is 7.77. The van der Waals surface area contributed by atoms with Crippen LogP contribution in [0.3, 0.4) is 0 Å². The van der Waals surface area contributed by atoms with Gasteiger partial charge in [-0.15, -0.1) is 17.9 Å². The van der Waals surface area contributed by atoms with Crippen molar-refractivity contribution in [2.24, 2.45) is 0 Å². The molecule has 3 rings (SSSR count). The summed E-state index contributed by atoms with van der Waals surface area (Å²) in [6.07, 6.45) is 1.85. The summed E-state index contributed by atoms with van der Waals surface area (Å²) in [6.45, 7) is 10.2. The van der Waals surface area contributed by atoms with E-state index in [1.165, 1.54) is 29.5 Å². The van der Waals surface area contributed by atoms with E-state index in [9.17, 15) is 14.9 Å². The zero-order chi connectivity index (χ0) is 20.4. The van der Waals surface area contributed by atoms with E-state index < -0.39 is 4.92 Å². The first-order chi connectivity index (χ1) is 13.3. The van der Waals surface area contributed by atoms with Crippen LogP contribution < -0.4 is 5.32 Å². The number of benzene rings is 1. The number of thiazole rings is 1. The molecule has 2 heterocycles. The zero-order valence-electron chi connectivity index (χ0n) is 15.9. The number of nitrogens with one attached hydrogen (secondary N) is 1. The van der Waals surface area contributed by atoms with Gasteiger partial charge in [0.25, 0.3) is 11.6 Å². The number of aryl methyl sites for hydroxylation is 2. The first kappa shape index (κ1) is 19.5. The molecule has 0 aliphatic carbocycles. The topological polar surface area (TPSA) is 90.1 Å². The summed E-state index contributed by atoms with van der Waals surface area (Å²) in [5.74, 6) is -0.351. The van der Waals surface area contributed by atoms with E-state index in [1.54, 1.807) is 6.92 Å². The minimum absolute atomic E-state index is 0.0111. The molecule has 1 amide bonds. The predicted octanol–water partition coefficient (Wildman–Crippen LogP) is 4.88. The van der Waals surface area contributed by atoms with Gasteiger partial charge in [0, 0.05) is 46.1 Å². The summed E-state index contributed by atoms with van der Waals surface area (Å²) in [6, 6.07) is 6.36. The molecule has 7 nitrogen and oxygen atoms in total. The lowest BCUT2D eigenvalue weighted by atomic mass is 10.1. The van der Waals surface area contributed by atoms with Gasteiger partial charge in [-0.3, -0.25) is 20.2 Å². The molecular formula is C20H20N4O3S. The van der Waals surface area contributed by atoms with Crippen molar-refractivity contribution in [2.45, 2.75) is 27.3 Å². The number of hydrogen-bond donors (Lipinski definition) is 1. The molecule has 28 heavy (non-hydrogen) atoms. The maximum atomic E-state index is 12.5. The van der Waals surface area contributed by atoms with E-state index in [4.69, 9.17) is 0 Å². The molecule has 3 aromatic rings. The third-order valence-electron chi connectivity index (χ3n) is 4.54. The average Bonchev–Trinajstić information content (AvgIpc) is 3.21. The highest BCUT2D eigenvalue weighted by atomic mass is 32.1. The Bertz CT molecular complexity index is 1080. The normalized spacial score (nSPS) is 10.7. The van der Waals surface area contributed by atoms with E-state index in [0.29, 0.717) is 16.3 Å². The molecule has 0 spiro atoms. The standard InChI is InChI=1S/C20H20N4O3S/c1-5-8-23-13(3)10-16(14(23)4)17-11-28-20(21-17)22-19(25)15-6-7-18(24(26)27)12(2)9-15/h5-7,9-11H,1,8H2,2-4H3,(H,21,22,25). The van der Waals surface area contributed by atoms with Crippen molar-refractivity contribution in [1.82, 2.24) is 9.55 Å². The van der Waals surface area contributed by atoms with Crippen LogP contribution in [-0.2, 0) is 6.54 Å². The highest BCUT2D eigenvalue weighted by molar-refractivity contribution is 7.14. The summed E-state index contributed by atoms with van der Waals surface area (Å²) in [7, 11) is 0. The Balaban J connectivity index is 1.81. The van der Waals surface area contributed by atoms with Gasteiger partial charge in [0.05, 0.1) is 10.6 Å². The summed E-state index contributed by atoms with van der Waals surface area (Å²) in [5.41, 5.74) is 4.80. The van der Waals surface area contributed by atoms with Crippen LogP contribution in [-0.4, -0.2) is 20.4 Å². The first-order valence-corrected chi connectivity index (χ1v) is 9.49.